The van der Waals surface area contributed by atoms with Crippen LogP contribution in [-0.2, 0) is 18.1 Å². The maximum atomic E-state index is 12.2. The predicted molar refractivity (Wildman–Crippen MR) is 96.1 cm³/mol. The van der Waals surface area contributed by atoms with E-state index in [4.69, 9.17) is 13.3 Å². The van der Waals surface area contributed by atoms with Gasteiger partial charge >= 0.3 is 8.80 Å². The molecular weight excluding hydrogens is 316 g/mol. The van der Waals surface area contributed by atoms with Crippen LogP contribution in [0.2, 0.25) is 0 Å². The Balaban J connectivity index is 4.40. The van der Waals surface area contributed by atoms with E-state index < -0.39 is 8.80 Å². The molecule has 0 aromatic carbocycles. The van der Waals surface area contributed by atoms with Crippen molar-refractivity contribution in [3.8, 4) is 0 Å². The van der Waals surface area contributed by atoms with E-state index in [1.165, 1.54) is 31.0 Å². The summed E-state index contributed by atoms with van der Waals surface area (Å²) in [5, 5.41) is 0.222. The zero-order valence-corrected chi connectivity index (χ0v) is 16.8. The predicted octanol–water partition coefficient (Wildman–Crippen LogP) is 4.58. The second-order valence-electron chi connectivity index (χ2n) is 5.20. The van der Waals surface area contributed by atoms with Gasteiger partial charge in [0.05, 0.1) is 4.87 Å². The molecule has 0 amide bonds. The van der Waals surface area contributed by atoms with Crippen LogP contribution in [0.3, 0.4) is 0 Å². The molecule has 0 radical (unpaired) electrons. The van der Waals surface area contributed by atoms with Crippen molar-refractivity contribution >= 4 is 25.7 Å². The lowest BCUT2D eigenvalue weighted by Crippen LogP contribution is -2.54. The minimum atomic E-state index is -2.78. The van der Waals surface area contributed by atoms with E-state index in [9.17, 15) is 4.79 Å². The van der Waals surface area contributed by atoms with Crippen LogP contribution in [0.25, 0.3) is 0 Å². The maximum Gasteiger partial charge on any atom is 0.514 e. The van der Waals surface area contributed by atoms with E-state index in [1.54, 1.807) is 0 Å². The number of thioether (sulfide) groups is 1. The first-order valence-electron chi connectivity index (χ1n) is 8.67. The lowest BCUT2D eigenvalue weighted by molar-refractivity contribution is -0.111. The third kappa shape index (κ3) is 8.67. The molecule has 0 bridgehead atoms. The summed E-state index contributed by atoms with van der Waals surface area (Å²) in [6.07, 6.45) is 6.45. The minimum Gasteiger partial charge on any atom is -0.373 e. The van der Waals surface area contributed by atoms with Gasteiger partial charge in [0.15, 0.2) is 5.12 Å². The van der Waals surface area contributed by atoms with Crippen molar-refractivity contribution in [2.75, 3.05) is 19.8 Å². The molecular formula is C16H34O4SSi. The molecule has 1 atom stereocenters. The molecule has 0 aliphatic rings. The fourth-order valence-electron chi connectivity index (χ4n) is 2.28. The number of unbranched alkanes of at least 4 members (excludes halogenated alkanes) is 4. The van der Waals surface area contributed by atoms with E-state index in [1.807, 2.05) is 27.7 Å². The van der Waals surface area contributed by atoms with Gasteiger partial charge < -0.3 is 13.3 Å². The Morgan fingerprint density at radius 1 is 0.909 bits per heavy atom. The fraction of sp³-hybridized carbons (Fsp3) is 0.938. The standard InChI is InChI=1S/C16H34O4SSi/c1-6-10-11-12-13-14-16(17)21-15(5)22(18-7-2,19-8-3)20-9-4/h15H,6-14H2,1-5H3. The van der Waals surface area contributed by atoms with Gasteiger partial charge in [0.1, 0.15) is 0 Å². The normalized spacial score (nSPS) is 13.3. The Labute approximate surface area is 142 Å². The fourth-order valence-corrected chi connectivity index (χ4v) is 6.68. The van der Waals surface area contributed by atoms with Gasteiger partial charge in [-0.2, -0.15) is 0 Å². The van der Waals surface area contributed by atoms with Crippen LogP contribution in [0, 0.1) is 0 Å². The van der Waals surface area contributed by atoms with Crippen LogP contribution in [0.1, 0.15) is 73.1 Å². The number of hydrogen-bond acceptors (Lipinski definition) is 5. The maximum absolute atomic E-state index is 12.2. The number of carbonyl (C=O) groups excluding carboxylic acids is 1. The molecule has 6 heteroatoms. The molecule has 0 aromatic heterocycles. The molecule has 0 rings (SSSR count). The van der Waals surface area contributed by atoms with Crippen molar-refractivity contribution < 1.29 is 18.1 Å². The average Bonchev–Trinajstić information content (AvgIpc) is 2.47. The summed E-state index contributed by atoms with van der Waals surface area (Å²) < 4.78 is 17.6. The lowest BCUT2D eigenvalue weighted by atomic mass is 10.1. The van der Waals surface area contributed by atoms with Gasteiger partial charge in [-0.3, -0.25) is 4.79 Å². The van der Waals surface area contributed by atoms with E-state index in [0.717, 1.165) is 12.8 Å². The van der Waals surface area contributed by atoms with E-state index in [-0.39, 0.29) is 9.99 Å². The second kappa shape index (κ2) is 13.5. The smallest absolute Gasteiger partial charge is 0.373 e. The van der Waals surface area contributed by atoms with Crippen molar-refractivity contribution in [1.82, 2.24) is 0 Å². The first-order chi connectivity index (χ1) is 10.6. The van der Waals surface area contributed by atoms with Crippen molar-refractivity contribution in [1.29, 1.82) is 0 Å². The van der Waals surface area contributed by atoms with Crippen LogP contribution in [0.4, 0.5) is 0 Å². The van der Waals surface area contributed by atoms with Gasteiger partial charge in [0, 0.05) is 26.2 Å². The molecule has 0 spiro atoms. The van der Waals surface area contributed by atoms with Gasteiger partial charge in [-0.05, 0) is 34.1 Å². The van der Waals surface area contributed by atoms with Crippen molar-refractivity contribution in [2.24, 2.45) is 0 Å². The second-order valence-corrected chi connectivity index (χ2v) is 9.95. The Morgan fingerprint density at radius 3 is 1.86 bits per heavy atom. The van der Waals surface area contributed by atoms with Crippen LogP contribution in [0.5, 0.6) is 0 Å². The lowest BCUT2D eigenvalue weighted by Gasteiger charge is -2.32. The van der Waals surface area contributed by atoms with E-state index >= 15 is 0 Å². The van der Waals surface area contributed by atoms with E-state index in [2.05, 4.69) is 6.92 Å². The molecule has 0 saturated heterocycles. The molecule has 0 aliphatic carbocycles. The topological polar surface area (TPSA) is 44.8 Å². The first-order valence-corrected chi connectivity index (χ1v) is 11.4. The van der Waals surface area contributed by atoms with Crippen LogP contribution >= 0.6 is 11.8 Å². The SMILES string of the molecule is CCCCCCCC(=O)SC(C)[Si](OCC)(OCC)OCC. The highest BCUT2D eigenvalue weighted by atomic mass is 32.2. The van der Waals surface area contributed by atoms with Crippen LogP contribution in [0.15, 0.2) is 0 Å². The molecule has 0 aromatic rings. The zero-order valence-electron chi connectivity index (χ0n) is 15.0. The van der Waals surface area contributed by atoms with Gasteiger partial charge in [-0.25, -0.2) is 0 Å². The highest BCUT2D eigenvalue weighted by molar-refractivity contribution is 8.15. The van der Waals surface area contributed by atoms with Crippen LogP contribution in [-0.4, -0.2) is 38.6 Å². The molecule has 132 valence electrons. The Kier molecular flexibility index (Phi) is 13.6. The Bertz CT molecular complexity index is 272. The summed E-state index contributed by atoms with van der Waals surface area (Å²) in [6.45, 7) is 11.6. The molecule has 0 heterocycles. The van der Waals surface area contributed by atoms with Crippen molar-refractivity contribution in [3.05, 3.63) is 0 Å². The largest absolute Gasteiger partial charge is 0.514 e. The molecule has 0 saturated carbocycles. The summed E-state index contributed by atoms with van der Waals surface area (Å²) in [4.78, 5) is 12.1. The number of rotatable bonds is 14. The minimum absolute atomic E-state index is 0.0597. The highest BCUT2D eigenvalue weighted by Gasteiger charge is 2.48. The summed E-state index contributed by atoms with van der Waals surface area (Å²) in [5.41, 5.74) is 0. The third-order valence-corrected chi connectivity index (χ3v) is 8.44. The molecule has 1 unspecified atom stereocenters. The quantitative estimate of drug-likeness (QED) is 0.339. The van der Waals surface area contributed by atoms with Crippen molar-refractivity contribution in [2.45, 2.75) is 78.0 Å². The molecule has 4 nitrogen and oxygen atoms in total. The molecule has 22 heavy (non-hydrogen) atoms. The number of carbonyl (C=O) groups is 1. The monoisotopic (exact) mass is 350 g/mol. The van der Waals surface area contributed by atoms with Crippen molar-refractivity contribution in [3.63, 3.8) is 0 Å². The highest BCUT2D eigenvalue weighted by Crippen LogP contribution is 2.27. The summed E-state index contributed by atoms with van der Waals surface area (Å²) in [6, 6.07) is 0. The first kappa shape index (κ1) is 22.1. The summed E-state index contributed by atoms with van der Waals surface area (Å²) in [5.74, 6) is 0. The third-order valence-electron chi connectivity index (χ3n) is 3.33. The zero-order chi connectivity index (χ0) is 16.8. The molecule has 0 N–H and O–H groups in total. The van der Waals surface area contributed by atoms with Gasteiger partial charge in [-0.1, -0.05) is 44.4 Å². The van der Waals surface area contributed by atoms with Gasteiger partial charge in [0.25, 0.3) is 0 Å². The summed E-state index contributed by atoms with van der Waals surface area (Å²) >= 11 is 1.34. The van der Waals surface area contributed by atoms with Gasteiger partial charge in [-0.15, -0.1) is 0 Å². The number of hydrogen-bond donors (Lipinski definition) is 0. The average molecular weight is 351 g/mol. The molecule has 0 fully saturated rings. The Hall–Kier alpha value is 0.117. The Morgan fingerprint density at radius 2 is 1.41 bits per heavy atom. The van der Waals surface area contributed by atoms with Crippen LogP contribution < -0.4 is 0 Å². The molecule has 0 aliphatic heterocycles. The van der Waals surface area contributed by atoms with E-state index in [0.29, 0.717) is 26.2 Å². The summed E-state index contributed by atoms with van der Waals surface area (Å²) in [7, 11) is -2.78. The van der Waals surface area contributed by atoms with Gasteiger partial charge in [0.2, 0.25) is 0 Å².